The van der Waals surface area contributed by atoms with Crippen LogP contribution >= 0.6 is 11.3 Å². The van der Waals surface area contributed by atoms with Crippen molar-refractivity contribution in [1.82, 2.24) is 5.32 Å². The summed E-state index contributed by atoms with van der Waals surface area (Å²) in [5.74, 6) is -0.264. The Morgan fingerprint density at radius 3 is 2.44 bits per heavy atom. The fourth-order valence-electron chi connectivity index (χ4n) is 4.93. The summed E-state index contributed by atoms with van der Waals surface area (Å²) in [6.45, 7) is 6.84. The smallest absolute Gasteiger partial charge is 0.329 e. The number of piperidine rings is 3. The maximum atomic E-state index is 13.1. The number of hydrogen-bond acceptors (Lipinski definition) is 5. The summed E-state index contributed by atoms with van der Waals surface area (Å²) >= 11 is 1.48. The molecule has 0 aliphatic carbocycles. The second-order valence-corrected chi connectivity index (χ2v) is 10.4. The van der Waals surface area contributed by atoms with Crippen LogP contribution in [0, 0.1) is 11.8 Å². The molecule has 1 N–H and O–H groups in total. The lowest BCUT2D eigenvalue weighted by molar-refractivity contribution is -0.938. The van der Waals surface area contributed by atoms with Crippen LogP contribution in [0.15, 0.2) is 47.8 Å². The number of Topliss-reactive ketones (excluding diaryl/α,β-unsaturated/α-hetero) is 1. The number of ketones is 1. The number of nitrogens with zero attached hydrogens (tertiary/aromatic N) is 1. The molecule has 0 radical (unpaired) electrons. The molecule has 3 aliphatic rings. The number of hydrogen-bond donors (Lipinski definition) is 1. The number of nitrogens with one attached hydrogen (secondary N) is 1. The number of thiophene rings is 1. The maximum absolute atomic E-state index is 13.1. The van der Waals surface area contributed by atoms with Crippen LogP contribution in [0.2, 0.25) is 0 Å². The number of benzene rings is 1. The predicted molar refractivity (Wildman–Crippen MR) is 124 cm³/mol. The highest BCUT2D eigenvalue weighted by Gasteiger charge is 2.49. The van der Waals surface area contributed by atoms with Crippen LogP contribution in [0.25, 0.3) is 0 Å². The lowest BCUT2D eigenvalue weighted by Gasteiger charge is -2.51. The van der Waals surface area contributed by atoms with Gasteiger partial charge in [0.1, 0.15) is 19.1 Å². The molecule has 0 saturated carbocycles. The van der Waals surface area contributed by atoms with Gasteiger partial charge in [-0.05, 0) is 29.5 Å². The first kappa shape index (κ1) is 22.7. The topological polar surface area (TPSA) is 72.5 Å². The SMILES string of the molecule is CC(C)C(NC(=O)c1ccccc1)C(=O)OC1C[N+]2(CC(=O)c3cccs3)CCC1CC2. The third kappa shape index (κ3) is 4.94. The van der Waals surface area contributed by atoms with Gasteiger partial charge in [0.15, 0.2) is 6.10 Å². The first-order valence-electron chi connectivity index (χ1n) is 11.3. The van der Waals surface area contributed by atoms with Crippen molar-refractivity contribution in [2.24, 2.45) is 11.8 Å². The van der Waals surface area contributed by atoms with Crippen LogP contribution in [-0.4, -0.2) is 60.5 Å². The first-order valence-corrected chi connectivity index (χ1v) is 12.2. The Morgan fingerprint density at radius 1 is 1.09 bits per heavy atom. The van der Waals surface area contributed by atoms with Crippen molar-refractivity contribution in [1.29, 1.82) is 0 Å². The van der Waals surface area contributed by atoms with Crippen LogP contribution in [0.1, 0.15) is 46.7 Å². The van der Waals surface area contributed by atoms with E-state index in [-0.39, 0.29) is 29.7 Å². The third-order valence-corrected chi connectivity index (χ3v) is 7.74. The van der Waals surface area contributed by atoms with Crippen molar-refractivity contribution >= 4 is 29.0 Å². The first-order chi connectivity index (χ1) is 15.4. The molecule has 1 aromatic heterocycles. The predicted octanol–water partition coefficient (Wildman–Crippen LogP) is 3.54. The largest absolute Gasteiger partial charge is 0.455 e. The van der Waals surface area contributed by atoms with Crippen molar-refractivity contribution < 1.29 is 23.6 Å². The third-order valence-electron chi connectivity index (χ3n) is 6.83. The van der Waals surface area contributed by atoms with E-state index in [9.17, 15) is 14.4 Å². The number of amides is 1. The van der Waals surface area contributed by atoms with E-state index in [1.807, 2.05) is 37.4 Å². The summed E-state index contributed by atoms with van der Waals surface area (Å²) in [4.78, 5) is 39.3. The van der Waals surface area contributed by atoms with Gasteiger partial charge in [-0.3, -0.25) is 9.59 Å². The van der Waals surface area contributed by atoms with Gasteiger partial charge in [0, 0.05) is 24.3 Å². The number of quaternary nitrogens is 1. The Balaban J connectivity index is 1.41. The van der Waals surface area contributed by atoms with Gasteiger partial charge in [-0.15, -0.1) is 11.3 Å². The molecule has 1 aromatic carbocycles. The van der Waals surface area contributed by atoms with Crippen LogP contribution in [0.4, 0.5) is 0 Å². The fraction of sp³-hybridized carbons (Fsp3) is 0.480. The zero-order valence-corrected chi connectivity index (χ0v) is 19.5. The Bertz CT molecular complexity index is 950. The molecule has 2 unspecified atom stereocenters. The molecular weight excluding hydrogens is 424 g/mol. The van der Waals surface area contributed by atoms with Crippen molar-refractivity contribution in [2.75, 3.05) is 26.2 Å². The summed E-state index contributed by atoms with van der Waals surface area (Å²) in [6.07, 6.45) is 1.70. The quantitative estimate of drug-likeness (QED) is 0.375. The van der Waals surface area contributed by atoms with Crippen molar-refractivity contribution in [2.45, 2.75) is 38.8 Å². The Hall–Kier alpha value is -2.51. The van der Waals surface area contributed by atoms with Gasteiger partial charge < -0.3 is 14.5 Å². The van der Waals surface area contributed by atoms with E-state index >= 15 is 0 Å². The average Bonchev–Trinajstić information content (AvgIpc) is 3.33. The van der Waals surface area contributed by atoms with Crippen molar-refractivity contribution in [3.8, 4) is 0 Å². The lowest BCUT2D eigenvalue weighted by Crippen LogP contribution is -2.66. The van der Waals surface area contributed by atoms with E-state index in [4.69, 9.17) is 4.74 Å². The Morgan fingerprint density at radius 2 is 1.81 bits per heavy atom. The van der Waals surface area contributed by atoms with Gasteiger partial charge in [0.25, 0.3) is 5.91 Å². The molecule has 3 aliphatic heterocycles. The van der Waals surface area contributed by atoms with E-state index in [1.54, 1.807) is 24.3 Å². The number of carbonyl (C=O) groups excluding carboxylic acids is 3. The van der Waals surface area contributed by atoms with Crippen LogP contribution < -0.4 is 5.32 Å². The number of carbonyl (C=O) groups is 3. The Labute approximate surface area is 193 Å². The van der Waals surface area contributed by atoms with Gasteiger partial charge in [0.2, 0.25) is 5.78 Å². The number of fused-ring (bicyclic) bond motifs is 3. The highest BCUT2D eigenvalue weighted by atomic mass is 32.1. The zero-order valence-electron chi connectivity index (χ0n) is 18.7. The van der Waals surface area contributed by atoms with E-state index < -0.39 is 6.04 Å². The normalized spacial score (nSPS) is 25.3. The highest BCUT2D eigenvalue weighted by molar-refractivity contribution is 7.12. The van der Waals surface area contributed by atoms with E-state index in [0.29, 0.717) is 29.1 Å². The van der Waals surface area contributed by atoms with Crippen LogP contribution in [0.3, 0.4) is 0 Å². The zero-order chi connectivity index (χ0) is 22.7. The summed E-state index contributed by atoms with van der Waals surface area (Å²) < 4.78 is 6.69. The summed E-state index contributed by atoms with van der Waals surface area (Å²) in [5.41, 5.74) is 0.519. The minimum atomic E-state index is -0.709. The summed E-state index contributed by atoms with van der Waals surface area (Å²) in [7, 11) is 0. The van der Waals surface area contributed by atoms with Gasteiger partial charge >= 0.3 is 5.97 Å². The van der Waals surface area contributed by atoms with Crippen molar-refractivity contribution in [3.05, 3.63) is 58.3 Å². The van der Waals surface area contributed by atoms with Gasteiger partial charge in [0.05, 0.1) is 18.0 Å². The molecule has 3 fully saturated rings. The van der Waals surface area contributed by atoms with Crippen LogP contribution in [-0.2, 0) is 9.53 Å². The van der Waals surface area contributed by atoms with Gasteiger partial charge in [-0.25, -0.2) is 4.79 Å². The van der Waals surface area contributed by atoms with Gasteiger partial charge in [-0.1, -0.05) is 38.1 Å². The molecule has 2 bridgehead atoms. The Kier molecular flexibility index (Phi) is 6.76. The van der Waals surface area contributed by atoms with Crippen molar-refractivity contribution in [3.63, 3.8) is 0 Å². The molecule has 0 spiro atoms. The lowest BCUT2D eigenvalue weighted by atomic mass is 9.83. The van der Waals surface area contributed by atoms with Crippen LogP contribution in [0.5, 0.6) is 0 Å². The minimum Gasteiger partial charge on any atom is -0.455 e. The minimum absolute atomic E-state index is 0.0974. The molecule has 3 saturated heterocycles. The van der Waals surface area contributed by atoms with E-state index in [0.717, 1.165) is 30.8 Å². The molecule has 2 aromatic rings. The fourth-order valence-corrected chi connectivity index (χ4v) is 5.59. The van der Waals surface area contributed by atoms with Gasteiger partial charge in [-0.2, -0.15) is 0 Å². The molecule has 7 heteroatoms. The van der Waals surface area contributed by atoms with E-state index in [2.05, 4.69) is 5.32 Å². The maximum Gasteiger partial charge on any atom is 0.329 e. The molecule has 32 heavy (non-hydrogen) atoms. The monoisotopic (exact) mass is 455 g/mol. The number of rotatable bonds is 8. The standard InChI is InChI=1S/C25H30N2O4S/c1-17(2)23(26-24(29)19-7-4-3-5-8-19)25(30)31-21-16-27(12-10-18(21)11-13-27)15-20(28)22-9-6-14-32-22/h3-9,14,17-18,21,23H,10-13,15-16H2,1-2H3/p+1. The molecule has 2 atom stereocenters. The molecule has 6 nitrogen and oxygen atoms in total. The average molecular weight is 456 g/mol. The molecule has 170 valence electrons. The number of esters is 1. The molecular formula is C25H31N2O4S+. The molecule has 1 amide bonds. The second kappa shape index (κ2) is 9.55. The summed E-state index contributed by atoms with van der Waals surface area (Å²) in [6, 6.07) is 12.0. The summed E-state index contributed by atoms with van der Waals surface area (Å²) in [5, 5.41) is 4.78. The second-order valence-electron chi connectivity index (χ2n) is 9.40. The molecule has 5 rings (SSSR count). The number of ether oxygens (including phenoxy) is 1. The van der Waals surface area contributed by atoms with E-state index in [1.165, 1.54) is 11.3 Å². The molecule has 4 heterocycles. The highest BCUT2D eigenvalue weighted by Crippen LogP contribution is 2.36.